The Morgan fingerprint density at radius 2 is 1.71 bits per heavy atom. The molecule has 8 nitrogen and oxygen atoms in total. The molecule has 1 N–H and O–H groups in total. The molecule has 1 spiro atoms. The van der Waals surface area contributed by atoms with Crippen LogP contribution in [0.2, 0.25) is 0 Å². The topological polar surface area (TPSA) is 96.4 Å². The van der Waals surface area contributed by atoms with Crippen LogP contribution in [0.1, 0.15) is 78.8 Å². The molecule has 4 heterocycles. The molecule has 0 aliphatic carbocycles. The van der Waals surface area contributed by atoms with Crippen LogP contribution in [0.25, 0.3) is 0 Å². The Morgan fingerprint density at radius 3 is 2.36 bits per heavy atom. The summed E-state index contributed by atoms with van der Waals surface area (Å²) in [5, 5.41) is 10.8. The molecule has 5 rings (SSSR count). The highest BCUT2D eigenvalue weighted by Crippen LogP contribution is 2.59. The van der Waals surface area contributed by atoms with Gasteiger partial charge in [-0.25, -0.2) is 0 Å². The minimum Gasteiger partial charge on any atom is -0.465 e. The summed E-state index contributed by atoms with van der Waals surface area (Å²) in [7, 11) is 0. The quantitative estimate of drug-likeness (QED) is 0.392. The number of carbonyl (C=O) groups is 3. The van der Waals surface area contributed by atoms with Gasteiger partial charge in [-0.2, -0.15) is 0 Å². The van der Waals surface area contributed by atoms with Gasteiger partial charge in [-0.3, -0.25) is 14.4 Å². The molecular weight excluding hydrogens is 532 g/mol. The first-order valence-electron chi connectivity index (χ1n) is 15.3. The zero-order valence-electron chi connectivity index (χ0n) is 25.8. The van der Waals surface area contributed by atoms with E-state index in [1.54, 1.807) is 0 Å². The highest BCUT2D eigenvalue weighted by Gasteiger charge is 2.76. The molecule has 2 amide bonds. The number of nitrogens with zero attached hydrogens (tertiary/aromatic N) is 2. The third kappa shape index (κ3) is 4.90. The standard InChI is InChI=1S/C34H46N2O6/c1-7-33-17-12-9-13-20-41-30(40)26(33)25-28(38)36(24(21-37)23-15-10-8-11-16-23)27-29(39)35(19-14-18-34(25,27)42-33)32(5,6)22-31(2,3)4/h8,10-12,14-18,24-27,37H,7,9,13,19-22H2,1-6H3/b17-12-/t24-,25+,26-,27?,33+,34+/m1/s1. The van der Waals surface area contributed by atoms with Gasteiger partial charge < -0.3 is 24.4 Å². The SMILES string of the molecule is CC[C@]12/C=C\CCCOC(=O)[C@H]1[C@H]1C(=O)N([C@H](CO)c3ccccc3)C3C(=O)N(C(C)(C)CC(C)(C)C)CC=C[C@@]31O2. The van der Waals surface area contributed by atoms with Crippen LogP contribution in [0.5, 0.6) is 0 Å². The van der Waals surface area contributed by atoms with Crippen LogP contribution in [0.15, 0.2) is 54.6 Å². The van der Waals surface area contributed by atoms with Crippen molar-refractivity contribution in [1.29, 1.82) is 0 Å². The predicted octanol–water partition coefficient (Wildman–Crippen LogP) is 4.59. The monoisotopic (exact) mass is 578 g/mol. The van der Waals surface area contributed by atoms with Crippen molar-refractivity contribution in [3.8, 4) is 0 Å². The molecular formula is C34H46N2O6. The number of aliphatic hydroxyl groups excluding tert-OH is 1. The molecule has 1 unspecified atom stereocenters. The average Bonchev–Trinajstić information content (AvgIpc) is 3.30. The van der Waals surface area contributed by atoms with E-state index in [-0.39, 0.29) is 30.4 Å². The molecule has 8 heteroatoms. The van der Waals surface area contributed by atoms with Crippen molar-refractivity contribution in [2.45, 2.75) is 96.1 Å². The number of ether oxygens (including phenoxy) is 2. The smallest absolute Gasteiger partial charge is 0.313 e. The Bertz CT molecular complexity index is 1270. The molecule has 1 aromatic rings. The van der Waals surface area contributed by atoms with Crippen LogP contribution in [0.4, 0.5) is 0 Å². The van der Waals surface area contributed by atoms with Crippen LogP contribution >= 0.6 is 0 Å². The Morgan fingerprint density at radius 1 is 1.00 bits per heavy atom. The molecule has 0 radical (unpaired) electrons. The van der Waals surface area contributed by atoms with Crippen molar-refractivity contribution < 1.29 is 29.0 Å². The number of hydrogen-bond donors (Lipinski definition) is 1. The zero-order valence-corrected chi connectivity index (χ0v) is 25.8. The number of fused-ring (bicyclic) bond motifs is 2. The van der Waals surface area contributed by atoms with Gasteiger partial charge in [-0.05, 0) is 50.5 Å². The van der Waals surface area contributed by atoms with E-state index in [1.165, 1.54) is 4.90 Å². The number of amides is 2. The number of hydrogen-bond acceptors (Lipinski definition) is 6. The van der Waals surface area contributed by atoms with Crippen LogP contribution in [0.3, 0.4) is 0 Å². The van der Waals surface area contributed by atoms with Gasteiger partial charge in [0.05, 0.1) is 25.2 Å². The second-order valence-corrected chi connectivity index (χ2v) is 14.1. The van der Waals surface area contributed by atoms with E-state index in [2.05, 4.69) is 34.6 Å². The maximum atomic E-state index is 15.0. The first-order chi connectivity index (χ1) is 19.8. The van der Waals surface area contributed by atoms with Crippen LogP contribution in [-0.4, -0.2) is 75.2 Å². The highest BCUT2D eigenvalue weighted by atomic mass is 16.6. The number of likely N-dealkylation sites (tertiary alicyclic amines) is 1. The van der Waals surface area contributed by atoms with Crippen molar-refractivity contribution in [2.75, 3.05) is 19.8 Å². The summed E-state index contributed by atoms with van der Waals surface area (Å²) in [6, 6.07) is 7.39. The molecule has 42 heavy (non-hydrogen) atoms. The van der Waals surface area contributed by atoms with Crippen molar-refractivity contribution in [2.24, 2.45) is 17.3 Å². The first kappa shape index (κ1) is 30.5. The van der Waals surface area contributed by atoms with Crippen LogP contribution in [0, 0.1) is 17.3 Å². The lowest BCUT2D eigenvalue weighted by Gasteiger charge is -2.46. The summed E-state index contributed by atoms with van der Waals surface area (Å²) in [4.78, 5) is 47.0. The van der Waals surface area contributed by atoms with Gasteiger partial charge in [0.15, 0.2) is 0 Å². The summed E-state index contributed by atoms with van der Waals surface area (Å²) in [5.74, 6) is -3.01. The van der Waals surface area contributed by atoms with E-state index >= 15 is 0 Å². The first-order valence-corrected chi connectivity index (χ1v) is 15.3. The maximum Gasteiger partial charge on any atom is 0.313 e. The summed E-state index contributed by atoms with van der Waals surface area (Å²) in [6.45, 7) is 12.7. The van der Waals surface area contributed by atoms with Crippen molar-refractivity contribution >= 4 is 17.8 Å². The summed E-state index contributed by atoms with van der Waals surface area (Å²) >= 11 is 0. The van der Waals surface area contributed by atoms with Crippen molar-refractivity contribution in [3.05, 3.63) is 60.2 Å². The van der Waals surface area contributed by atoms with Gasteiger partial charge in [-0.15, -0.1) is 0 Å². The number of rotatable bonds is 6. The highest BCUT2D eigenvalue weighted by molar-refractivity contribution is 5.99. The number of benzene rings is 1. The Hall–Kier alpha value is -2.97. The molecule has 0 aromatic heterocycles. The molecule has 228 valence electrons. The third-order valence-corrected chi connectivity index (χ3v) is 9.46. The molecule has 1 aromatic carbocycles. The van der Waals surface area contributed by atoms with Crippen molar-refractivity contribution in [1.82, 2.24) is 9.80 Å². The normalized spacial score (nSPS) is 33.1. The van der Waals surface area contributed by atoms with Crippen molar-refractivity contribution in [3.63, 3.8) is 0 Å². The zero-order chi connectivity index (χ0) is 30.5. The second kappa shape index (κ2) is 10.9. The van der Waals surface area contributed by atoms with Crippen LogP contribution in [-0.2, 0) is 23.9 Å². The Balaban J connectivity index is 1.71. The van der Waals surface area contributed by atoms with E-state index in [9.17, 15) is 19.5 Å². The number of carbonyl (C=O) groups excluding carboxylic acids is 3. The molecule has 4 aliphatic rings. The fourth-order valence-corrected chi connectivity index (χ4v) is 8.12. The lowest BCUT2D eigenvalue weighted by atomic mass is 9.73. The van der Waals surface area contributed by atoms with Gasteiger partial charge in [0.2, 0.25) is 11.8 Å². The molecule has 2 saturated heterocycles. The summed E-state index contributed by atoms with van der Waals surface area (Å²) in [6.07, 6.45) is 10.3. The Kier molecular flexibility index (Phi) is 7.94. The van der Waals surface area contributed by atoms with Gasteiger partial charge >= 0.3 is 5.97 Å². The second-order valence-electron chi connectivity index (χ2n) is 14.1. The van der Waals surface area contributed by atoms with Gasteiger partial charge in [0.25, 0.3) is 0 Å². The van der Waals surface area contributed by atoms with E-state index in [1.807, 2.05) is 66.5 Å². The maximum absolute atomic E-state index is 15.0. The lowest BCUT2D eigenvalue weighted by molar-refractivity contribution is -0.164. The van der Waals surface area contributed by atoms with Gasteiger partial charge in [0, 0.05) is 12.1 Å². The number of cyclic esters (lactones) is 1. The van der Waals surface area contributed by atoms with Gasteiger partial charge in [-0.1, -0.05) is 82.3 Å². The van der Waals surface area contributed by atoms with E-state index < -0.39 is 46.6 Å². The predicted molar refractivity (Wildman–Crippen MR) is 159 cm³/mol. The molecule has 6 atom stereocenters. The van der Waals surface area contributed by atoms with Crippen LogP contribution < -0.4 is 0 Å². The number of allylic oxidation sites excluding steroid dienone is 1. The van der Waals surface area contributed by atoms with E-state index in [0.29, 0.717) is 24.9 Å². The summed E-state index contributed by atoms with van der Waals surface area (Å²) in [5.41, 5.74) is -2.40. The fraction of sp³-hybridized carbons (Fsp3) is 0.618. The molecule has 0 saturated carbocycles. The number of aliphatic hydroxyl groups is 1. The molecule has 0 bridgehead atoms. The van der Waals surface area contributed by atoms with E-state index in [4.69, 9.17) is 9.47 Å². The third-order valence-electron chi connectivity index (χ3n) is 9.46. The van der Waals surface area contributed by atoms with Gasteiger partial charge in [0.1, 0.15) is 23.2 Å². The average molecular weight is 579 g/mol. The largest absolute Gasteiger partial charge is 0.465 e. The molecule has 2 fully saturated rings. The number of esters is 1. The minimum absolute atomic E-state index is 0.0580. The lowest BCUT2D eigenvalue weighted by Crippen LogP contribution is -2.60. The van der Waals surface area contributed by atoms with E-state index in [0.717, 1.165) is 12.8 Å². The summed E-state index contributed by atoms with van der Waals surface area (Å²) < 4.78 is 12.8. The molecule has 4 aliphatic heterocycles. The Labute approximate surface area is 249 Å². The fourth-order valence-electron chi connectivity index (χ4n) is 8.12. The minimum atomic E-state index is -1.41.